The van der Waals surface area contributed by atoms with Crippen LogP contribution in [0.4, 0.5) is 34.1 Å². The number of hydrogen-bond acceptors (Lipinski definition) is 2. The molecule has 0 N–H and O–H groups in total. The second kappa shape index (κ2) is 20.2. The molecule has 0 bridgehead atoms. The van der Waals surface area contributed by atoms with E-state index in [4.69, 9.17) is 0 Å². The van der Waals surface area contributed by atoms with Gasteiger partial charge in [0.15, 0.2) is 0 Å². The van der Waals surface area contributed by atoms with E-state index in [1.807, 2.05) is 0 Å². The van der Waals surface area contributed by atoms with Gasteiger partial charge in [0.2, 0.25) is 0 Å². The van der Waals surface area contributed by atoms with Gasteiger partial charge in [-0.05, 0) is 173 Å². The Hall–Kier alpha value is -10.2. The number of aryl methyl sites for hydroxylation is 1. The minimum absolute atomic E-state index is 1.01. The number of nitrogens with zero attached hydrogens (tertiary/aromatic N) is 4. The molecule has 0 spiro atoms. The third-order valence-corrected chi connectivity index (χ3v) is 15.4. The maximum absolute atomic E-state index is 2.42. The van der Waals surface area contributed by atoms with Gasteiger partial charge in [0.05, 0.1) is 16.6 Å². The van der Waals surface area contributed by atoms with Gasteiger partial charge < -0.3 is 18.9 Å². The van der Waals surface area contributed by atoms with Crippen LogP contribution in [-0.2, 0) is 6.42 Å². The van der Waals surface area contributed by atoms with Crippen LogP contribution in [0.2, 0.25) is 0 Å². The molecule has 4 nitrogen and oxygen atoms in total. The summed E-state index contributed by atoms with van der Waals surface area (Å²) in [6, 6.07) is 101. The molecule has 14 rings (SSSR count). The smallest absolute Gasteiger partial charge is 0.0542 e. The number of hydrogen-bond donors (Lipinski definition) is 0. The summed E-state index contributed by atoms with van der Waals surface area (Å²) >= 11 is 0. The summed E-state index contributed by atoms with van der Waals surface area (Å²) in [7, 11) is 0. The van der Waals surface area contributed by atoms with Crippen molar-refractivity contribution in [3.05, 3.63) is 308 Å². The van der Waals surface area contributed by atoms with E-state index < -0.39 is 0 Å². The lowest BCUT2D eigenvalue weighted by molar-refractivity contribution is 0.967. The van der Waals surface area contributed by atoms with Crippen LogP contribution < -0.4 is 9.80 Å². The number of benzene rings is 11. The van der Waals surface area contributed by atoms with E-state index in [9.17, 15) is 0 Å². The van der Waals surface area contributed by atoms with Crippen molar-refractivity contribution in [1.82, 2.24) is 9.13 Å². The molecule has 370 valence electrons. The number of aromatic nitrogens is 2. The number of para-hydroxylation sites is 3. The molecule has 0 saturated heterocycles. The molecule has 0 saturated carbocycles. The van der Waals surface area contributed by atoms with E-state index in [0.717, 1.165) is 63.8 Å². The van der Waals surface area contributed by atoms with Gasteiger partial charge in [-0.25, -0.2) is 0 Å². The molecule has 1 aliphatic carbocycles. The molecule has 0 aliphatic heterocycles. The molecule has 0 fully saturated rings. The van der Waals surface area contributed by atoms with E-state index in [0.29, 0.717) is 0 Å². The topological polar surface area (TPSA) is 16.3 Å². The molecule has 0 unspecified atom stereocenters. The maximum Gasteiger partial charge on any atom is 0.0542 e. The molecular formula is C74H54N4. The lowest BCUT2D eigenvalue weighted by Gasteiger charge is -2.26. The van der Waals surface area contributed by atoms with Gasteiger partial charge in [0.25, 0.3) is 0 Å². The predicted molar refractivity (Wildman–Crippen MR) is 331 cm³/mol. The van der Waals surface area contributed by atoms with Crippen molar-refractivity contribution in [2.24, 2.45) is 0 Å². The predicted octanol–water partition coefficient (Wildman–Crippen LogP) is 20.1. The van der Waals surface area contributed by atoms with Crippen molar-refractivity contribution >= 4 is 85.1 Å². The first-order valence-electron chi connectivity index (χ1n) is 27.0. The quantitative estimate of drug-likeness (QED) is 0.113. The first kappa shape index (κ1) is 46.4. The van der Waals surface area contributed by atoms with Gasteiger partial charge in [-0.15, -0.1) is 0 Å². The molecule has 0 radical (unpaired) electrons. The Balaban J connectivity index is 0.793. The van der Waals surface area contributed by atoms with Gasteiger partial charge in [0, 0.05) is 67.4 Å². The minimum atomic E-state index is 1.01. The first-order chi connectivity index (χ1) is 38.7. The van der Waals surface area contributed by atoms with E-state index in [1.54, 1.807) is 0 Å². The van der Waals surface area contributed by atoms with Crippen molar-refractivity contribution in [2.45, 2.75) is 12.8 Å². The summed E-state index contributed by atoms with van der Waals surface area (Å²) in [5.41, 5.74) is 22.2. The Bertz CT molecular complexity index is 4310. The Morgan fingerprint density at radius 3 is 1.21 bits per heavy atom. The monoisotopic (exact) mass is 998 g/mol. The van der Waals surface area contributed by atoms with Gasteiger partial charge >= 0.3 is 0 Å². The van der Waals surface area contributed by atoms with E-state index in [-0.39, 0.29) is 0 Å². The van der Waals surface area contributed by atoms with Crippen LogP contribution in [-0.4, -0.2) is 9.13 Å². The van der Waals surface area contributed by atoms with Crippen LogP contribution >= 0.6 is 0 Å². The molecule has 0 amide bonds. The molecule has 2 heterocycles. The zero-order valence-corrected chi connectivity index (χ0v) is 43.1. The highest BCUT2D eigenvalue weighted by Crippen LogP contribution is 2.43. The molecule has 13 aromatic rings. The van der Waals surface area contributed by atoms with Crippen molar-refractivity contribution in [3.8, 4) is 33.6 Å². The summed E-state index contributed by atoms with van der Waals surface area (Å²) in [4.78, 5) is 4.77. The van der Waals surface area contributed by atoms with Gasteiger partial charge in [-0.2, -0.15) is 0 Å². The van der Waals surface area contributed by atoms with Crippen LogP contribution in [0.3, 0.4) is 0 Å². The van der Waals surface area contributed by atoms with Crippen LogP contribution in [0.25, 0.3) is 84.6 Å². The van der Waals surface area contributed by atoms with Crippen molar-refractivity contribution in [2.75, 3.05) is 9.80 Å². The molecule has 0 atom stereocenters. The minimum Gasteiger partial charge on any atom is -0.310 e. The molecular weight excluding hydrogens is 945 g/mol. The third kappa shape index (κ3) is 8.65. The summed E-state index contributed by atoms with van der Waals surface area (Å²) in [6.45, 7) is 0. The fraction of sp³-hybridized carbons (Fsp3) is 0.0270. The van der Waals surface area contributed by atoms with Crippen LogP contribution in [0.15, 0.2) is 285 Å². The average molecular weight is 999 g/mol. The van der Waals surface area contributed by atoms with Gasteiger partial charge in [0.1, 0.15) is 0 Å². The number of fused-ring (bicyclic) bond motifs is 6. The first-order valence-corrected chi connectivity index (χ1v) is 27.0. The third-order valence-electron chi connectivity index (χ3n) is 15.4. The summed E-state index contributed by atoms with van der Waals surface area (Å²) in [6.07, 6.45) is 11.1. The summed E-state index contributed by atoms with van der Waals surface area (Å²) in [5, 5.41) is 3.73. The lowest BCUT2D eigenvalue weighted by atomic mass is 10.00. The molecule has 11 aromatic carbocycles. The van der Waals surface area contributed by atoms with Crippen molar-refractivity contribution in [3.63, 3.8) is 0 Å². The maximum atomic E-state index is 2.42. The summed E-state index contributed by atoms with van der Waals surface area (Å²) in [5.74, 6) is 0. The number of anilines is 6. The normalized spacial score (nSPS) is 12.2. The van der Waals surface area contributed by atoms with Crippen molar-refractivity contribution in [1.29, 1.82) is 0 Å². The molecule has 2 aromatic heterocycles. The highest BCUT2D eigenvalue weighted by Gasteiger charge is 2.22. The zero-order valence-electron chi connectivity index (χ0n) is 43.1. The van der Waals surface area contributed by atoms with Crippen LogP contribution in [0.1, 0.15) is 28.8 Å². The Morgan fingerprint density at radius 2 is 0.692 bits per heavy atom. The fourth-order valence-electron chi connectivity index (χ4n) is 11.6. The highest BCUT2D eigenvalue weighted by molar-refractivity contribution is 6.11. The largest absolute Gasteiger partial charge is 0.310 e. The molecule has 4 heteroatoms. The molecule has 1 aliphatic rings. The Kier molecular flexibility index (Phi) is 12.0. The lowest BCUT2D eigenvalue weighted by Crippen LogP contribution is -2.10. The van der Waals surface area contributed by atoms with E-state index >= 15 is 0 Å². The number of allylic oxidation sites excluding steroid dienone is 1. The SMILES string of the molecule is C1=Cc2c(c3cc(N(c4ccc(/C=C/c5ccc(N(c6ccc(-c7ccccc7)cc6)c6ccc7c(c6)c6ccccc6n7-c6ccccc6)cc5)cc4)c4ccc(-c5ccccc5)cc4)ccc3n2-c2ccccc2)CC1. The number of rotatable bonds is 12. The van der Waals surface area contributed by atoms with Gasteiger partial charge in [-0.1, -0.05) is 182 Å². The zero-order chi connectivity index (χ0) is 51.8. The second-order valence-electron chi connectivity index (χ2n) is 20.1. The average Bonchev–Trinajstić information content (AvgIpc) is 4.03. The van der Waals surface area contributed by atoms with E-state index in [1.165, 1.54) is 71.9 Å². The summed E-state index contributed by atoms with van der Waals surface area (Å²) < 4.78 is 4.79. The van der Waals surface area contributed by atoms with Crippen LogP contribution in [0.5, 0.6) is 0 Å². The fourth-order valence-corrected chi connectivity index (χ4v) is 11.6. The standard InChI is InChI=1S/C74H54N4/c1-5-17-55(18-6-1)57-35-43-63(44-36-57)75(65-47-49-73-69(51-65)67-25-13-15-27-71(67)77(73)59-21-9-3-10-22-59)61-39-31-53(32-40-61)29-30-54-33-41-62(42-34-54)76(64-45-37-58(38-46-64)56-19-7-2-8-20-56)66-48-50-74-70(52-66)68-26-14-16-28-72(68)78(74)60-23-11-4-12-24-60/h1-13,15-25,27-52H,14,26H2/b30-29+. The van der Waals surface area contributed by atoms with E-state index in [2.05, 4.69) is 322 Å². The Labute approximate surface area is 455 Å². The molecule has 78 heavy (non-hydrogen) atoms. The van der Waals surface area contributed by atoms with Gasteiger partial charge in [-0.3, -0.25) is 0 Å². The highest BCUT2D eigenvalue weighted by atomic mass is 15.1. The van der Waals surface area contributed by atoms with Crippen molar-refractivity contribution < 1.29 is 0 Å². The second-order valence-corrected chi connectivity index (χ2v) is 20.1. The van der Waals surface area contributed by atoms with Crippen LogP contribution in [0, 0.1) is 0 Å². The Morgan fingerprint density at radius 1 is 0.308 bits per heavy atom.